The van der Waals surface area contributed by atoms with E-state index in [0.29, 0.717) is 16.7 Å². The normalized spacial score (nSPS) is 10.5. The molecule has 23 heavy (non-hydrogen) atoms. The quantitative estimate of drug-likeness (QED) is 0.748. The minimum Gasteiger partial charge on any atom is -0.333 e. The first-order valence-corrected chi connectivity index (χ1v) is 7.72. The number of nitrogens with one attached hydrogen (secondary N) is 1. The first kappa shape index (κ1) is 15.4. The lowest BCUT2D eigenvalue weighted by Gasteiger charge is -2.09. The number of hydrogen-bond acceptors (Lipinski definition) is 2. The fourth-order valence-corrected chi connectivity index (χ4v) is 2.57. The van der Waals surface area contributed by atoms with Gasteiger partial charge in [0.2, 0.25) is 0 Å². The number of imidazole rings is 1. The smallest absolute Gasteiger partial charge is 0.258 e. The fraction of sp³-hybridized carbons (Fsp3) is 0.0588. The van der Waals surface area contributed by atoms with Gasteiger partial charge in [-0.2, -0.15) is 0 Å². The van der Waals surface area contributed by atoms with E-state index in [1.807, 2.05) is 29.0 Å². The van der Waals surface area contributed by atoms with Gasteiger partial charge in [-0.25, -0.2) is 9.37 Å². The summed E-state index contributed by atoms with van der Waals surface area (Å²) in [6.07, 6.45) is 5.30. The Kier molecular flexibility index (Phi) is 4.52. The second kappa shape index (κ2) is 6.75. The molecular weight excluding hydrogens is 361 g/mol. The monoisotopic (exact) mass is 373 g/mol. The van der Waals surface area contributed by atoms with Crippen molar-refractivity contribution in [2.75, 3.05) is 5.32 Å². The molecule has 3 aromatic rings. The van der Waals surface area contributed by atoms with Crippen LogP contribution in [0.3, 0.4) is 0 Å². The Morgan fingerprint density at radius 2 is 2.13 bits per heavy atom. The van der Waals surface area contributed by atoms with Crippen LogP contribution in [0.2, 0.25) is 0 Å². The highest BCUT2D eigenvalue weighted by atomic mass is 79.9. The molecule has 3 rings (SSSR count). The molecule has 1 heterocycles. The van der Waals surface area contributed by atoms with Crippen molar-refractivity contribution in [2.24, 2.45) is 0 Å². The summed E-state index contributed by atoms with van der Waals surface area (Å²) in [5.74, 6) is -1.04. The lowest BCUT2D eigenvalue weighted by Crippen LogP contribution is -2.14. The van der Waals surface area contributed by atoms with E-state index in [2.05, 4.69) is 26.2 Å². The van der Waals surface area contributed by atoms with Crippen molar-refractivity contribution in [1.82, 2.24) is 9.55 Å². The number of amides is 1. The van der Waals surface area contributed by atoms with Gasteiger partial charge in [0.05, 0.1) is 11.9 Å². The standard InChI is InChI=1S/C17H13BrFN3O/c18-13-4-5-16(19)15(9-13)17(23)21-14-3-1-2-12(8-14)10-22-7-6-20-11-22/h1-9,11H,10H2,(H,21,23). The molecule has 0 aliphatic carbocycles. The Labute approximate surface area is 141 Å². The number of benzene rings is 2. The van der Waals surface area contributed by atoms with E-state index in [9.17, 15) is 9.18 Å². The van der Waals surface area contributed by atoms with Gasteiger partial charge in [0.1, 0.15) is 5.82 Å². The van der Waals surface area contributed by atoms with Crippen LogP contribution in [0.1, 0.15) is 15.9 Å². The first-order valence-electron chi connectivity index (χ1n) is 6.93. The third-order valence-corrected chi connectivity index (χ3v) is 3.78. The molecule has 0 atom stereocenters. The van der Waals surface area contributed by atoms with Crippen LogP contribution in [-0.4, -0.2) is 15.5 Å². The Hall–Kier alpha value is -2.47. The summed E-state index contributed by atoms with van der Waals surface area (Å²) in [6, 6.07) is 11.7. The van der Waals surface area contributed by atoms with Gasteiger partial charge in [-0.05, 0) is 35.9 Å². The molecule has 0 bridgehead atoms. The van der Waals surface area contributed by atoms with E-state index < -0.39 is 11.7 Å². The van der Waals surface area contributed by atoms with Gasteiger partial charge in [0, 0.05) is 29.1 Å². The highest BCUT2D eigenvalue weighted by Gasteiger charge is 2.12. The predicted octanol–water partition coefficient (Wildman–Crippen LogP) is 4.09. The molecule has 0 aliphatic heterocycles. The molecule has 0 saturated heterocycles. The van der Waals surface area contributed by atoms with Crippen LogP contribution in [0, 0.1) is 5.82 Å². The summed E-state index contributed by atoms with van der Waals surface area (Å²) in [5.41, 5.74) is 1.63. The highest BCUT2D eigenvalue weighted by Crippen LogP contribution is 2.18. The van der Waals surface area contributed by atoms with Crippen LogP contribution >= 0.6 is 15.9 Å². The second-order valence-electron chi connectivity index (χ2n) is 5.01. The van der Waals surface area contributed by atoms with E-state index in [0.717, 1.165) is 5.56 Å². The zero-order chi connectivity index (χ0) is 16.2. The van der Waals surface area contributed by atoms with Crippen LogP contribution in [0.4, 0.5) is 10.1 Å². The number of anilines is 1. The summed E-state index contributed by atoms with van der Waals surface area (Å²) >= 11 is 3.24. The molecule has 1 amide bonds. The average molecular weight is 374 g/mol. The molecule has 0 unspecified atom stereocenters. The summed E-state index contributed by atoms with van der Waals surface area (Å²) in [4.78, 5) is 16.2. The van der Waals surface area contributed by atoms with Gasteiger partial charge < -0.3 is 9.88 Å². The van der Waals surface area contributed by atoms with E-state index >= 15 is 0 Å². The second-order valence-corrected chi connectivity index (χ2v) is 5.93. The molecule has 0 fully saturated rings. The topological polar surface area (TPSA) is 46.9 Å². The Balaban J connectivity index is 1.77. The number of hydrogen-bond donors (Lipinski definition) is 1. The summed E-state index contributed by atoms with van der Waals surface area (Å²) < 4.78 is 16.3. The number of carbonyl (C=O) groups excluding carboxylic acids is 1. The van der Waals surface area contributed by atoms with Crippen molar-refractivity contribution in [3.05, 3.63) is 82.6 Å². The largest absolute Gasteiger partial charge is 0.333 e. The van der Waals surface area contributed by atoms with Crippen LogP contribution in [-0.2, 0) is 6.54 Å². The first-order chi connectivity index (χ1) is 11.1. The van der Waals surface area contributed by atoms with Crippen LogP contribution in [0.5, 0.6) is 0 Å². The van der Waals surface area contributed by atoms with E-state index in [1.165, 1.54) is 12.1 Å². The maximum Gasteiger partial charge on any atom is 0.258 e. The van der Waals surface area contributed by atoms with Crippen molar-refractivity contribution >= 4 is 27.5 Å². The molecule has 2 aromatic carbocycles. The van der Waals surface area contributed by atoms with Gasteiger partial charge in [0.25, 0.3) is 5.91 Å². The van der Waals surface area contributed by atoms with Crippen molar-refractivity contribution in [2.45, 2.75) is 6.54 Å². The molecule has 0 radical (unpaired) electrons. The van der Waals surface area contributed by atoms with Gasteiger partial charge in [-0.15, -0.1) is 0 Å². The Morgan fingerprint density at radius 3 is 2.91 bits per heavy atom. The molecule has 6 heteroatoms. The molecule has 1 N–H and O–H groups in total. The maximum atomic E-state index is 13.8. The molecule has 0 spiro atoms. The van der Waals surface area contributed by atoms with E-state index in [1.54, 1.807) is 24.7 Å². The molecule has 116 valence electrons. The van der Waals surface area contributed by atoms with Crippen LogP contribution in [0.15, 0.2) is 65.7 Å². The minimum atomic E-state index is -0.555. The maximum absolute atomic E-state index is 13.8. The number of rotatable bonds is 4. The zero-order valence-corrected chi connectivity index (χ0v) is 13.6. The number of aromatic nitrogens is 2. The van der Waals surface area contributed by atoms with Gasteiger partial charge in [-0.3, -0.25) is 4.79 Å². The summed E-state index contributed by atoms with van der Waals surface area (Å²) in [7, 11) is 0. The highest BCUT2D eigenvalue weighted by molar-refractivity contribution is 9.10. The lowest BCUT2D eigenvalue weighted by atomic mass is 10.1. The van der Waals surface area contributed by atoms with Crippen molar-refractivity contribution in [3.8, 4) is 0 Å². The number of nitrogens with zero attached hydrogens (tertiary/aromatic N) is 2. The van der Waals surface area contributed by atoms with Gasteiger partial charge in [-0.1, -0.05) is 28.1 Å². The van der Waals surface area contributed by atoms with Crippen molar-refractivity contribution < 1.29 is 9.18 Å². The van der Waals surface area contributed by atoms with E-state index in [-0.39, 0.29) is 5.56 Å². The molecule has 1 aromatic heterocycles. The Bertz CT molecular complexity index is 834. The van der Waals surface area contributed by atoms with E-state index in [4.69, 9.17) is 0 Å². The van der Waals surface area contributed by atoms with Gasteiger partial charge in [0.15, 0.2) is 0 Å². The SMILES string of the molecule is O=C(Nc1cccc(Cn2ccnc2)c1)c1cc(Br)ccc1F. The molecule has 4 nitrogen and oxygen atoms in total. The fourth-order valence-electron chi connectivity index (χ4n) is 2.21. The average Bonchev–Trinajstić information content (AvgIpc) is 3.03. The Morgan fingerprint density at radius 1 is 1.26 bits per heavy atom. The third kappa shape index (κ3) is 3.84. The molecule has 0 saturated carbocycles. The van der Waals surface area contributed by atoms with Crippen molar-refractivity contribution in [1.29, 1.82) is 0 Å². The number of halogens is 2. The molecule has 0 aliphatic rings. The third-order valence-electron chi connectivity index (χ3n) is 3.28. The summed E-state index contributed by atoms with van der Waals surface area (Å²) in [6.45, 7) is 0.648. The van der Waals surface area contributed by atoms with Crippen LogP contribution in [0.25, 0.3) is 0 Å². The lowest BCUT2D eigenvalue weighted by molar-refractivity contribution is 0.102. The number of carbonyl (C=O) groups is 1. The van der Waals surface area contributed by atoms with Crippen LogP contribution < -0.4 is 5.32 Å². The van der Waals surface area contributed by atoms with Gasteiger partial charge >= 0.3 is 0 Å². The minimum absolute atomic E-state index is 0.000567. The van der Waals surface area contributed by atoms with Crippen molar-refractivity contribution in [3.63, 3.8) is 0 Å². The molecular formula is C17H13BrFN3O. The predicted molar refractivity (Wildman–Crippen MR) is 89.8 cm³/mol. The zero-order valence-electron chi connectivity index (χ0n) is 12.0. The summed E-state index contributed by atoms with van der Waals surface area (Å²) in [5, 5.41) is 2.72.